The van der Waals surface area contributed by atoms with Gasteiger partial charge in [-0.25, -0.2) is 12.8 Å². The summed E-state index contributed by atoms with van der Waals surface area (Å²) >= 11 is 0. The first-order valence-corrected chi connectivity index (χ1v) is 8.28. The molecular formula is C14H18FNO3S. The Labute approximate surface area is 118 Å². The number of halogens is 1. The second-order valence-corrected chi connectivity index (χ2v) is 7.71. The molecule has 2 aliphatic rings. The number of aliphatic hydroxyl groups excluding tert-OH is 1. The van der Waals surface area contributed by atoms with Crippen LogP contribution in [-0.4, -0.2) is 37.0 Å². The van der Waals surface area contributed by atoms with Crippen LogP contribution < -0.4 is 0 Å². The topological polar surface area (TPSA) is 57.6 Å². The number of aliphatic hydroxyl groups is 1. The third-order valence-corrected chi connectivity index (χ3v) is 6.53. The second-order valence-electron chi connectivity index (χ2n) is 5.80. The molecule has 6 heteroatoms. The minimum absolute atomic E-state index is 0.0265. The molecule has 1 N–H and O–H groups in total. The van der Waals surface area contributed by atoms with Gasteiger partial charge in [-0.2, -0.15) is 4.31 Å². The largest absolute Gasteiger partial charge is 0.393 e. The molecule has 1 aromatic carbocycles. The highest BCUT2D eigenvalue weighted by Gasteiger charge is 2.45. The molecular weight excluding hydrogens is 281 g/mol. The summed E-state index contributed by atoms with van der Waals surface area (Å²) in [6.07, 6.45) is 1.20. The maximum atomic E-state index is 13.3. The fraction of sp³-hybridized carbons (Fsp3) is 0.571. The Bertz CT molecular complexity index is 631. The van der Waals surface area contributed by atoms with Crippen LogP contribution in [0.5, 0.6) is 0 Å². The Morgan fingerprint density at radius 2 is 2.05 bits per heavy atom. The SMILES string of the molecule is Cc1ccc(F)cc1S(=O)(=O)N1CC2CCC(O)C2C1. The van der Waals surface area contributed by atoms with Gasteiger partial charge < -0.3 is 5.11 Å². The van der Waals surface area contributed by atoms with Crippen LogP contribution in [-0.2, 0) is 10.0 Å². The van der Waals surface area contributed by atoms with Crippen molar-refractivity contribution in [3.63, 3.8) is 0 Å². The van der Waals surface area contributed by atoms with Crippen molar-refractivity contribution in [2.45, 2.75) is 30.8 Å². The molecule has 3 rings (SSSR count). The lowest BCUT2D eigenvalue weighted by Crippen LogP contribution is -2.31. The van der Waals surface area contributed by atoms with Gasteiger partial charge in [0.1, 0.15) is 5.82 Å². The molecule has 2 fully saturated rings. The number of nitrogens with zero attached hydrogens (tertiary/aromatic N) is 1. The molecule has 0 spiro atoms. The molecule has 1 heterocycles. The van der Waals surface area contributed by atoms with Crippen molar-refractivity contribution in [1.29, 1.82) is 0 Å². The minimum atomic E-state index is -3.68. The number of benzene rings is 1. The normalized spacial score (nSPS) is 30.6. The van der Waals surface area contributed by atoms with Gasteiger partial charge in [0, 0.05) is 19.0 Å². The van der Waals surface area contributed by atoms with E-state index < -0.39 is 21.9 Å². The second kappa shape index (κ2) is 4.79. The molecule has 0 radical (unpaired) electrons. The average molecular weight is 299 g/mol. The third kappa shape index (κ3) is 2.16. The zero-order chi connectivity index (χ0) is 14.5. The van der Waals surface area contributed by atoms with Crippen LogP contribution in [0.15, 0.2) is 23.1 Å². The van der Waals surface area contributed by atoms with Crippen molar-refractivity contribution >= 4 is 10.0 Å². The summed E-state index contributed by atoms with van der Waals surface area (Å²) in [7, 11) is -3.68. The highest BCUT2D eigenvalue weighted by atomic mass is 32.2. The van der Waals surface area contributed by atoms with Crippen LogP contribution in [0.25, 0.3) is 0 Å². The van der Waals surface area contributed by atoms with Crippen molar-refractivity contribution in [3.05, 3.63) is 29.6 Å². The first-order chi connectivity index (χ1) is 9.39. The van der Waals surface area contributed by atoms with Gasteiger partial charge in [-0.05, 0) is 43.4 Å². The van der Waals surface area contributed by atoms with Gasteiger partial charge in [-0.3, -0.25) is 0 Å². The highest BCUT2D eigenvalue weighted by Crippen LogP contribution is 2.40. The van der Waals surface area contributed by atoms with Crippen molar-refractivity contribution in [2.24, 2.45) is 11.8 Å². The Balaban J connectivity index is 1.92. The van der Waals surface area contributed by atoms with Crippen LogP contribution in [0.1, 0.15) is 18.4 Å². The van der Waals surface area contributed by atoms with Crippen LogP contribution in [0.2, 0.25) is 0 Å². The predicted octanol–water partition coefficient (Wildman–Crippen LogP) is 1.53. The van der Waals surface area contributed by atoms with Gasteiger partial charge in [0.15, 0.2) is 0 Å². The first kappa shape index (κ1) is 14.0. The van der Waals surface area contributed by atoms with Gasteiger partial charge in [0.2, 0.25) is 10.0 Å². The summed E-state index contributed by atoms with van der Waals surface area (Å²) < 4.78 is 40.0. The van der Waals surface area contributed by atoms with E-state index in [9.17, 15) is 17.9 Å². The lowest BCUT2D eigenvalue weighted by atomic mass is 10.00. The fourth-order valence-electron chi connectivity index (χ4n) is 3.38. The third-order valence-electron chi connectivity index (χ3n) is 4.55. The molecule has 20 heavy (non-hydrogen) atoms. The predicted molar refractivity (Wildman–Crippen MR) is 72.1 cm³/mol. The Morgan fingerprint density at radius 1 is 1.30 bits per heavy atom. The summed E-state index contributed by atoms with van der Waals surface area (Å²) in [6.45, 7) is 2.43. The summed E-state index contributed by atoms with van der Waals surface area (Å²) in [6, 6.07) is 3.82. The van der Waals surface area contributed by atoms with Crippen molar-refractivity contribution < 1.29 is 17.9 Å². The molecule has 0 amide bonds. The van der Waals surface area contributed by atoms with Gasteiger partial charge in [0.25, 0.3) is 0 Å². The first-order valence-electron chi connectivity index (χ1n) is 6.84. The van der Waals surface area contributed by atoms with E-state index in [0.29, 0.717) is 18.7 Å². The lowest BCUT2D eigenvalue weighted by molar-refractivity contribution is 0.129. The Kier molecular flexibility index (Phi) is 3.35. The summed E-state index contributed by atoms with van der Waals surface area (Å²) in [5.74, 6) is -0.291. The maximum absolute atomic E-state index is 13.3. The number of hydrogen-bond donors (Lipinski definition) is 1. The Morgan fingerprint density at radius 3 is 2.75 bits per heavy atom. The molecule has 110 valence electrons. The maximum Gasteiger partial charge on any atom is 0.243 e. The smallest absolute Gasteiger partial charge is 0.243 e. The molecule has 1 aromatic rings. The lowest BCUT2D eigenvalue weighted by Gasteiger charge is -2.19. The zero-order valence-corrected chi connectivity index (χ0v) is 12.1. The number of sulfonamides is 1. The molecule has 4 nitrogen and oxygen atoms in total. The van der Waals surface area contributed by atoms with Crippen LogP contribution >= 0.6 is 0 Å². The van der Waals surface area contributed by atoms with Crippen LogP contribution in [0.3, 0.4) is 0 Å². The summed E-state index contributed by atoms with van der Waals surface area (Å²) in [5.41, 5.74) is 0.545. The van der Waals surface area contributed by atoms with E-state index in [-0.39, 0.29) is 16.7 Å². The number of hydrogen-bond acceptors (Lipinski definition) is 3. The molecule has 0 bridgehead atoms. The van der Waals surface area contributed by atoms with Gasteiger partial charge in [0.05, 0.1) is 11.0 Å². The monoisotopic (exact) mass is 299 g/mol. The van der Waals surface area contributed by atoms with Crippen molar-refractivity contribution in [1.82, 2.24) is 4.31 Å². The van der Waals surface area contributed by atoms with E-state index in [4.69, 9.17) is 0 Å². The Hall–Kier alpha value is -0.980. The molecule has 3 atom stereocenters. The standard InChI is InChI=1S/C14H18FNO3S/c1-9-2-4-11(15)6-14(9)20(18,19)16-7-10-3-5-13(17)12(10)8-16/h2,4,6,10,12-13,17H,3,5,7-8H2,1H3. The highest BCUT2D eigenvalue weighted by molar-refractivity contribution is 7.89. The van der Waals surface area contributed by atoms with Crippen LogP contribution in [0.4, 0.5) is 4.39 Å². The molecule has 3 unspecified atom stereocenters. The number of aryl methyl sites for hydroxylation is 1. The van der Waals surface area contributed by atoms with Crippen LogP contribution in [0, 0.1) is 24.6 Å². The van der Waals surface area contributed by atoms with E-state index in [1.165, 1.54) is 16.4 Å². The molecule has 1 saturated carbocycles. The van der Waals surface area contributed by atoms with Gasteiger partial charge >= 0.3 is 0 Å². The molecule has 1 aliphatic carbocycles. The van der Waals surface area contributed by atoms with E-state index in [2.05, 4.69) is 0 Å². The molecule has 1 aliphatic heterocycles. The minimum Gasteiger partial charge on any atom is -0.393 e. The van der Waals surface area contributed by atoms with E-state index in [0.717, 1.165) is 18.9 Å². The zero-order valence-electron chi connectivity index (χ0n) is 11.3. The van der Waals surface area contributed by atoms with E-state index in [1.54, 1.807) is 6.92 Å². The molecule has 1 saturated heterocycles. The quantitative estimate of drug-likeness (QED) is 0.901. The van der Waals surface area contributed by atoms with E-state index >= 15 is 0 Å². The number of fused-ring (bicyclic) bond motifs is 1. The van der Waals surface area contributed by atoms with E-state index in [1.807, 2.05) is 0 Å². The molecule has 0 aromatic heterocycles. The summed E-state index contributed by atoms with van der Waals surface area (Å²) in [4.78, 5) is 0.0342. The fourth-order valence-corrected chi connectivity index (χ4v) is 5.15. The van der Waals surface area contributed by atoms with Crippen molar-refractivity contribution in [2.75, 3.05) is 13.1 Å². The van der Waals surface area contributed by atoms with Crippen molar-refractivity contribution in [3.8, 4) is 0 Å². The van der Waals surface area contributed by atoms with Gasteiger partial charge in [-0.15, -0.1) is 0 Å². The van der Waals surface area contributed by atoms with Gasteiger partial charge in [-0.1, -0.05) is 6.07 Å². The number of rotatable bonds is 2. The summed E-state index contributed by atoms with van der Waals surface area (Å²) in [5, 5.41) is 9.87. The average Bonchev–Trinajstić information content (AvgIpc) is 2.95.